The van der Waals surface area contributed by atoms with Crippen molar-refractivity contribution >= 4 is 11.6 Å². The van der Waals surface area contributed by atoms with Crippen molar-refractivity contribution < 1.29 is 23.2 Å². The minimum Gasteiger partial charge on any atom is -0.434 e. The molecule has 1 unspecified atom stereocenters. The number of para-hydroxylation sites is 1. The van der Waals surface area contributed by atoms with Crippen LogP contribution in [0.25, 0.3) is 0 Å². The lowest BCUT2D eigenvalue weighted by molar-refractivity contribution is -0.384. The number of carbonyl (C=O) groups excluding carboxylic acids is 1. The molecule has 0 bridgehead atoms. The van der Waals surface area contributed by atoms with Crippen LogP contribution in [-0.2, 0) is 0 Å². The van der Waals surface area contributed by atoms with Gasteiger partial charge in [0.05, 0.1) is 11.0 Å². The predicted octanol–water partition coefficient (Wildman–Crippen LogP) is 4.08. The molecule has 2 aromatic carbocycles. The van der Waals surface area contributed by atoms with Crippen LogP contribution in [0.2, 0.25) is 0 Å². The number of alkyl halides is 2. The van der Waals surface area contributed by atoms with E-state index in [9.17, 15) is 23.7 Å². The fourth-order valence-electron chi connectivity index (χ4n) is 2.37. The summed E-state index contributed by atoms with van der Waals surface area (Å²) in [6.45, 7) is -1.21. The maximum absolute atomic E-state index is 12.5. The molecule has 0 aliphatic heterocycles. The average molecular weight is 350 g/mol. The maximum atomic E-state index is 12.5. The number of benzene rings is 2. The zero-order valence-electron chi connectivity index (χ0n) is 13.3. The van der Waals surface area contributed by atoms with E-state index in [0.29, 0.717) is 12.0 Å². The first kappa shape index (κ1) is 18.3. The van der Waals surface area contributed by atoms with Crippen LogP contribution in [0.4, 0.5) is 14.5 Å². The number of amides is 1. The van der Waals surface area contributed by atoms with Crippen molar-refractivity contribution in [2.45, 2.75) is 26.0 Å². The molecule has 0 aliphatic carbocycles. The Kier molecular flexibility index (Phi) is 5.99. The normalized spacial score (nSPS) is 11.8. The van der Waals surface area contributed by atoms with Crippen LogP contribution in [-0.4, -0.2) is 17.4 Å². The molecule has 0 saturated carbocycles. The highest BCUT2D eigenvalue weighted by molar-refractivity contribution is 5.95. The summed E-state index contributed by atoms with van der Waals surface area (Å²) in [4.78, 5) is 22.6. The Balaban J connectivity index is 2.24. The molecule has 1 N–H and O–H groups in total. The van der Waals surface area contributed by atoms with E-state index in [1.807, 2.05) is 0 Å². The third-order valence-corrected chi connectivity index (χ3v) is 3.54. The minimum absolute atomic E-state index is 0.0244. The zero-order valence-corrected chi connectivity index (χ0v) is 13.3. The van der Waals surface area contributed by atoms with Gasteiger partial charge in [-0.1, -0.05) is 31.2 Å². The second-order valence-corrected chi connectivity index (χ2v) is 5.16. The van der Waals surface area contributed by atoms with Gasteiger partial charge in [-0.15, -0.1) is 0 Å². The standard InChI is InChI=1S/C17H16F2N2O4/c1-2-14(13-8-3-4-9-15(13)25-17(18)19)20-16(22)11-6-5-7-12(10-11)21(23)24/h3-10,14,17H,2H2,1H3,(H,20,22). The molecule has 0 saturated heterocycles. The number of ether oxygens (including phenoxy) is 1. The second kappa shape index (κ2) is 8.18. The molecule has 0 fully saturated rings. The van der Waals surface area contributed by atoms with E-state index in [1.165, 1.54) is 24.3 Å². The first-order valence-corrected chi connectivity index (χ1v) is 7.51. The van der Waals surface area contributed by atoms with Gasteiger partial charge in [-0.05, 0) is 18.6 Å². The summed E-state index contributed by atoms with van der Waals surface area (Å²) in [5.74, 6) is -0.564. The van der Waals surface area contributed by atoms with Crippen molar-refractivity contribution in [3.8, 4) is 5.75 Å². The summed E-state index contributed by atoms with van der Waals surface area (Å²) in [5.41, 5.74) is 0.311. The van der Waals surface area contributed by atoms with E-state index in [1.54, 1.807) is 25.1 Å². The van der Waals surface area contributed by atoms with Crippen LogP contribution >= 0.6 is 0 Å². The molecule has 8 heteroatoms. The zero-order chi connectivity index (χ0) is 18.4. The van der Waals surface area contributed by atoms with Gasteiger partial charge in [-0.3, -0.25) is 14.9 Å². The molecular formula is C17H16F2N2O4. The third kappa shape index (κ3) is 4.72. The van der Waals surface area contributed by atoms with Crippen LogP contribution in [0.15, 0.2) is 48.5 Å². The molecule has 0 heterocycles. The van der Waals surface area contributed by atoms with Gasteiger partial charge in [0.25, 0.3) is 11.6 Å². The summed E-state index contributed by atoms with van der Waals surface area (Å²) in [6, 6.07) is 10.9. The van der Waals surface area contributed by atoms with Crippen molar-refractivity contribution in [2.75, 3.05) is 0 Å². The summed E-state index contributed by atoms with van der Waals surface area (Å²) in [6.07, 6.45) is 0.421. The number of halogens is 2. The van der Waals surface area contributed by atoms with Crippen molar-refractivity contribution in [2.24, 2.45) is 0 Å². The molecule has 132 valence electrons. The number of nitro benzene ring substituents is 1. The van der Waals surface area contributed by atoms with E-state index in [-0.39, 0.29) is 17.0 Å². The van der Waals surface area contributed by atoms with Gasteiger partial charge >= 0.3 is 6.61 Å². The molecule has 25 heavy (non-hydrogen) atoms. The van der Waals surface area contributed by atoms with Gasteiger partial charge in [0.2, 0.25) is 0 Å². The minimum atomic E-state index is -2.98. The van der Waals surface area contributed by atoms with Gasteiger partial charge in [0, 0.05) is 23.3 Å². The Bertz CT molecular complexity index is 768. The van der Waals surface area contributed by atoms with Gasteiger partial charge in [-0.25, -0.2) is 0 Å². The molecule has 0 aliphatic rings. The first-order valence-electron chi connectivity index (χ1n) is 7.51. The largest absolute Gasteiger partial charge is 0.434 e. The van der Waals surface area contributed by atoms with Gasteiger partial charge in [0.1, 0.15) is 5.75 Å². The Labute approximate surface area is 142 Å². The van der Waals surface area contributed by atoms with Gasteiger partial charge in [-0.2, -0.15) is 8.78 Å². The molecule has 6 nitrogen and oxygen atoms in total. The maximum Gasteiger partial charge on any atom is 0.387 e. The Morgan fingerprint density at radius 3 is 2.60 bits per heavy atom. The van der Waals surface area contributed by atoms with Crippen molar-refractivity contribution in [1.29, 1.82) is 0 Å². The molecule has 0 spiro atoms. The lowest BCUT2D eigenvalue weighted by atomic mass is 10.0. The van der Waals surface area contributed by atoms with Crippen LogP contribution in [0.5, 0.6) is 5.75 Å². The fraction of sp³-hybridized carbons (Fsp3) is 0.235. The molecule has 0 aromatic heterocycles. The molecule has 1 amide bonds. The number of nitro groups is 1. The van der Waals surface area contributed by atoms with E-state index in [0.717, 1.165) is 6.07 Å². The molecule has 1 atom stereocenters. The number of hydrogen-bond acceptors (Lipinski definition) is 4. The quantitative estimate of drug-likeness (QED) is 0.603. The summed E-state index contributed by atoms with van der Waals surface area (Å²) < 4.78 is 29.6. The first-order chi connectivity index (χ1) is 11.9. The molecular weight excluding hydrogens is 334 g/mol. The third-order valence-electron chi connectivity index (χ3n) is 3.54. The Morgan fingerprint density at radius 1 is 1.24 bits per heavy atom. The second-order valence-electron chi connectivity index (χ2n) is 5.16. The van der Waals surface area contributed by atoms with Gasteiger partial charge < -0.3 is 10.1 Å². The highest BCUT2D eigenvalue weighted by atomic mass is 19.3. The molecule has 2 aromatic rings. The van der Waals surface area contributed by atoms with Crippen LogP contribution in [0.1, 0.15) is 35.3 Å². The number of hydrogen-bond donors (Lipinski definition) is 1. The van der Waals surface area contributed by atoms with E-state index in [2.05, 4.69) is 10.1 Å². The molecule has 2 rings (SSSR count). The summed E-state index contributed by atoms with van der Waals surface area (Å²) >= 11 is 0. The highest BCUT2D eigenvalue weighted by Gasteiger charge is 2.20. The van der Waals surface area contributed by atoms with Crippen LogP contribution < -0.4 is 10.1 Å². The number of carbonyl (C=O) groups is 1. The number of nitrogens with one attached hydrogen (secondary N) is 1. The smallest absolute Gasteiger partial charge is 0.387 e. The van der Waals surface area contributed by atoms with E-state index < -0.39 is 23.5 Å². The number of nitrogens with zero attached hydrogens (tertiary/aromatic N) is 1. The van der Waals surface area contributed by atoms with Crippen molar-refractivity contribution in [1.82, 2.24) is 5.32 Å². The van der Waals surface area contributed by atoms with Crippen LogP contribution in [0, 0.1) is 10.1 Å². The van der Waals surface area contributed by atoms with E-state index in [4.69, 9.17) is 0 Å². The summed E-state index contributed by atoms with van der Waals surface area (Å²) in [7, 11) is 0. The number of rotatable bonds is 7. The lowest BCUT2D eigenvalue weighted by Crippen LogP contribution is -2.28. The topological polar surface area (TPSA) is 81.5 Å². The highest BCUT2D eigenvalue weighted by Crippen LogP contribution is 2.28. The Hall–Kier alpha value is -3.03. The lowest BCUT2D eigenvalue weighted by Gasteiger charge is -2.20. The SMILES string of the molecule is CCC(NC(=O)c1cccc([N+](=O)[O-])c1)c1ccccc1OC(F)F. The molecule has 0 radical (unpaired) electrons. The van der Waals surface area contributed by atoms with E-state index >= 15 is 0 Å². The van der Waals surface area contributed by atoms with Crippen LogP contribution in [0.3, 0.4) is 0 Å². The monoisotopic (exact) mass is 350 g/mol. The van der Waals surface area contributed by atoms with Crippen molar-refractivity contribution in [3.05, 3.63) is 69.8 Å². The number of non-ortho nitro benzene ring substituents is 1. The predicted molar refractivity (Wildman–Crippen MR) is 86.7 cm³/mol. The van der Waals surface area contributed by atoms with Crippen molar-refractivity contribution in [3.63, 3.8) is 0 Å². The fourth-order valence-corrected chi connectivity index (χ4v) is 2.37. The average Bonchev–Trinajstić information content (AvgIpc) is 2.59. The Morgan fingerprint density at radius 2 is 1.96 bits per heavy atom. The van der Waals surface area contributed by atoms with Gasteiger partial charge in [0.15, 0.2) is 0 Å². The summed E-state index contributed by atoms with van der Waals surface area (Å²) in [5, 5.41) is 13.5.